The van der Waals surface area contributed by atoms with Crippen LogP contribution in [0.3, 0.4) is 0 Å². The molecule has 0 saturated heterocycles. The number of benzene rings is 2. The highest BCUT2D eigenvalue weighted by atomic mass is 16.5. The predicted octanol–water partition coefficient (Wildman–Crippen LogP) is 3.90. The average Bonchev–Trinajstić information content (AvgIpc) is 2.69. The molecule has 0 amide bonds. The topological polar surface area (TPSA) is 95.2 Å². The summed E-state index contributed by atoms with van der Waals surface area (Å²) >= 11 is 0. The second-order valence-electron chi connectivity index (χ2n) is 6.92. The molecule has 1 N–H and O–H groups in total. The first-order chi connectivity index (χ1) is 13.9. The normalized spacial score (nSPS) is 10.9. The van der Waals surface area contributed by atoms with Crippen molar-refractivity contribution in [3.8, 4) is 17.2 Å². The number of hydrogen-bond donors (Lipinski definition) is 1. The zero-order valence-electron chi connectivity index (χ0n) is 16.4. The van der Waals surface area contributed by atoms with Crippen LogP contribution in [-0.2, 0) is 11.3 Å². The van der Waals surface area contributed by atoms with Crippen molar-refractivity contribution < 1.29 is 28.5 Å². The lowest BCUT2D eigenvalue weighted by Gasteiger charge is -2.13. The zero-order chi connectivity index (χ0) is 21.0. The van der Waals surface area contributed by atoms with Crippen molar-refractivity contribution in [2.45, 2.75) is 20.5 Å². The van der Waals surface area contributed by atoms with E-state index in [2.05, 4.69) is 0 Å². The van der Waals surface area contributed by atoms with Crippen molar-refractivity contribution in [1.29, 1.82) is 0 Å². The standard InChI is InChI=1S/C22H22O7/c1-13(2)11-27-18-7-4-14(8-20(18)26-3)22(25)28-12-15-9-21(24)29-19-10-16(23)5-6-17(15)19/h4-10,13,23H,11-12H2,1-3H3. The number of fused-ring (bicyclic) bond motifs is 1. The smallest absolute Gasteiger partial charge is 0.338 e. The molecule has 29 heavy (non-hydrogen) atoms. The SMILES string of the molecule is COc1cc(C(=O)OCc2cc(=O)oc3cc(O)ccc23)ccc1OCC(C)C. The number of phenols is 1. The Morgan fingerprint density at radius 1 is 1.10 bits per heavy atom. The first-order valence-electron chi connectivity index (χ1n) is 9.11. The molecule has 1 heterocycles. The van der Waals surface area contributed by atoms with Crippen LogP contribution in [0.1, 0.15) is 29.8 Å². The summed E-state index contributed by atoms with van der Waals surface area (Å²) in [7, 11) is 1.50. The molecular formula is C22H22O7. The van der Waals surface area contributed by atoms with E-state index in [-0.39, 0.29) is 17.9 Å². The van der Waals surface area contributed by atoms with Crippen molar-refractivity contribution in [3.63, 3.8) is 0 Å². The van der Waals surface area contributed by atoms with E-state index in [9.17, 15) is 14.7 Å². The zero-order valence-corrected chi connectivity index (χ0v) is 16.4. The average molecular weight is 398 g/mol. The van der Waals surface area contributed by atoms with Gasteiger partial charge in [0.25, 0.3) is 0 Å². The number of aromatic hydroxyl groups is 1. The minimum atomic E-state index is -0.595. The lowest BCUT2D eigenvalue weighted by molar-refractivity contribution is 0.0473. The Balaban J connectivity index is 1.77. The van der Waals surface area contributed by atoms with Crippen LogP contribution >= 0.6 is 0 Å². The van der Waals surface area contributed by atoms with Crippen LogP contribution in [0.25, 0.3) is 11.0 Å². The number of phenolic OH excluding ortho intramolecular Hbond substituents is 1. The van der Waals surface area contributed by atoms with Gasteiger partial charge in [-0.3, -0.25) is 0 Å². The highest BCUT2D eigenvalue weighted by Gasteiger charge is 2.14. The second-order valence-corrected chi connectivity index (χ2v) is 6.92. The Labute approximate surface area is 167 Å². The molecular weight excluding hydrogens is 376 g/mol. The molecule has 0 saturated carbocycles. The monoisotopic (exact) mass is 398 g/mol. The Morgan fingerprint density at radius 2 is 1.90 bits per heavy atom. The molecule has 3 rings (SSSR count). The molecule has 3 aromatic rings. The number of hydrogen-bond acceptors (Lipinski definition) is 7. The van der Waals surface area contributed by atoms with E-state index in [1.807, 2.05) is 13.8 Å². The molecule has 0 fully saturated rings. The van der Waals surface area contributed by atoms with E-state index in [1.165, 1.54) is 25.3 Å². The van der Waals surface area contributed by atoms with Crippen molar-refractivity contribution in [2.24, 2.45) is 5.92 Å². The second kappa shape index (κ2) is 8.68. The molecule has 0 radical (unpaired) electrons. The summed E-state index contributed by atoms with van der Waals surface area (Å²) in [5.74, 6) is 0.732. The van der Waals surface area contributed by atoms with Crippen LogP contribution in [0.15, 0.2) is 51.7 Å². The molecule has 152 valence electrons. The number of carbonyl (C=O) groups excluding carboxylic acids is 1. The Morgan fingerprint density at radius 3 is 2.62 bits per heavy atom. The van der Waals surface area contributed by atoms with Gasteiger partial charge in [-0.2, -0.15) is 0 Å². The third kappa shape index (κ3) is 4.87. The van der Waals surface area contributed by atoms with Gasteiger partial charge in [-0.25, -0.2) is 9.59 Å². The van der Waals surface area contributed by atoms with Crippen LogP contribution in [-0.4, -0.2) is 24.8 Å². The molecule has 0 unspecified atom stereocenters. The van der Waals surface area contributed by atoms with Gasteiger partial charge in [-0.15, -0.1) is 0 Å². The molecule has 7 nitrogen and oxygen atoms in total. The van der Waals surface area contributed by atoms with Crippen molar-refractivity contribution in [1.82, 2.24) is 0 Å². The molecule has 0 atom stereocenters. The molecule has 0 bridgehead atoms. The highest BCUT2D eigenvalue weighted by molar-refractivity contribution is 5.90. The van der Waals surface area contributed by atoms with Crippen LogP contribution in [0.2, 0.25) is 0 Å². The van der Waals surface area contributed by atoms with Gasteiger partial charge in [-0.05, 0) is 36.2 Å². The third-order valence-corrected chi connectivity index (χ3v) is 4.14. The van der Waals surface area contributed by atoms with E-state index in [0.29, 0.717) is 40.5 Å². The van der Waals surface area contributed by atoms with E-state index in [4.69, 9.17) is 18.6 Å². The molecule has 7 heteroatoms. The molecule has 0 spiro atoms. The van der Waals surface area contributed by atoms with Crippen LogP contribution < -0.4 is 15.1 Å². The van der Waals surface area contributed by atoms with Gasteiger partial charge in [0, 0.05) is 23.1 Å². The lowest BCUT2D eigenvalue weighted by Crippen LogP contribution is -2.09. The molecule has 0 aliphatic heterocycles. The van der Waals surface area contributed by atoms with Gasteiger partial charge in [0.2, 0.25) is 0 Å². The summed E-state index contributed by atoms with van der Waals surface area (Å²) in [6.07, 6.45) is 0. The van der Waals surface area contributed by atoms with Gasteiger partial charge < -0.3 is 23.7 Å². The number of ether oxygens (including phenoxy) is 3. The summed E-state index contributed by atoms with van der Waals surface area (Å²) < 4.78 is 21.4. The maximum atomic E-state index is 12.5. The van der Waals surface area contributed by atoms with Gasteiger partial charge in [0.05, 0.1) is 19.3 Å². The quantitative estimate of drug-likeness (QED) is 0.476. The minimum Gasteiger partial charge on any atom is -0.508 e. The van der Waals surface area contributed by atoms with E-state index in [0.717, 1.165) is 0 Å². The van der Waals surface area contributed by atoms with Crippen LogP contribution in [0.4, 0.5) is 0 Å². The maximum absolute atomic E-state index is 12.5. The first kappa shape index (κ1) is 20.3. The number of esters is 1. The predicted molar refractivity (Wildman–Crippen MR) is 107 cm³/mol. The van der Waals surface area contributed by atoms with Crippen molar-refractivity contribution in [3.05, 3.63) is 64.0 Å². The summed E-state index contributed by atoms with van der Waals surface area (Å²) in [6.45, 7) is 4.47. The Hall–Kier alpha value is -3.48. The van der Waals surface area contributed by atoms with Gasteiger partial charge in [0.1, 0.15) is 17.9 Å². The summed E-state index contributed by atoms with van der Waals surface area (Å²) in [5, 5.41) is 10.1. The van der Waals surface area contributed by atoms with Crippen molar-refractivity contribution >= 4 is 16.9 Å². The van der Waals surface area contributed by atoms with E-state index < -0.39 is 11.6 Å². The van der Waals surface area contributed by atoms with E-state index >= 15 is 0 Å². The first-order valence-corrected chi connectivity index (χ1v) is 9.11. The molecule has 0 aliphatic carbocycles. The largest absolute Gasteiger partial charge is 0.508 e. The van der Waals surface area contributed by atoms with Crippen LogP contribution in [0, 0.1) is 5.92 Å². The van der Waals surface area contributed by atoms with Gasteiger partial charge in [0.15, 0.2) is 11.5 Å². The third-order valence-electron chi connectivity index (χ3n) is 4.14. The fraction of sp³-hybridized carbons (Fsp3) is 0.273. The van der Waals surface area contributed by atoms with Gasteiger partial charge in [-0.1, -0.05) is 13.8 Å². The number of methoxy groups -OCH3 is 1. The minimum absolute atomic E-state index is 0.0262. The maximum Gasteiger partial charge on any atom is 0.338 e. The Bertz CT molecular complexity index is 1080. The summed E-state index contributed by atoms with van der Waals surface area (Å²) in [5.41, 5.74) is 0.399. The highest BCUT2D eigenvalue weighted by Crippen LogP contribution is 2.29. The lowest BCUT2D eigenvalue weighted by atomic mass is 10.1. The molecule has 1 aromatic heterocycles. The summed E-state index contributed by atoms with van der Waals surface area (Å²) in [6, 6.07) is 10.5. The number of rotatable bonds is 7. The van der Waals surface area contributed by atoms with E-state index in [1.54, 1.807) is 24.3 Å². The number of carbonyl (C=O) groups is 1. The fourth-order valence-electron chi connectivity index (χ4n) is 2.73. The fourth-order valence-corrected chi connectivity index (χ4v) is 2.73. The van der Waals surface area contributed by atoms with Crippen molar-refractivity contribution in [2.75, 3.05) is 13.7 Å². The molecule has 2 aromatic carbocycles. The Kier molecular flexibility index (Phi) is 6.07. The van der Waals surface area contributed by atoms with Gasteiger partial charge >= 0.3 is 11.6 Å². The summed E-state index contributed by atoms with van der Waals surface area (Å²) in [4.78, 5) is 24.2. The van der Waals surface area contributed by atoms with Crippen LogP contribution in [0.5, 0.6) is 17.2 Å². The molecule has 0 aliphatic rings.